The van der Waals surface area contributed by atoms with Gasteiger partial charge >= 0.3 is 0 Å². The number of halogens is 1. The summed E-state index contributed by atoms with van der Waals surface area (Å²) in [6.07, 6.45) is 1.87. The van der Waals surface area contributed by atoms with Crippen LogP contribution in [0.1, 0.15) is 27.6 Å². The average molecular weight is 408 g/mol. The zero-order chi connectivity index (χ0) is 20.1. The molecule has 0 saturated heterocycles. The highest BCUT2D eigenvalue weighted by molar-refractivity contribution is 8.00. The molecule has 2 aliphatic rings. The molecule has 0 radical (unpaired) electrons. The van der Waals surface area contributed by atoms with Crippen LogP contribution in [0.5, 0.6) is 5.75 Å². The molecule has 5 rings (SSSR count). The maximum Gasteiger partial charge on any atom is 0.262 e. The minimum atomic E-state index is -0.283. The Labute approximate surface area is 170 Å². The molecule has 0 bridgehead atoms. The van der Waals surface area contributed by atoms with Gasteiger partial charge in [0.2, 0.25) is 0 Å². The number of rotatable bonds is 2. The van der Waals surface area contributed by atoms with Gasteiger partial charge in [-0.15, -0.1) is 0 Å². The Morgan fingerprint density at radius 3 is 2.83 bits per heavy atom. The van der Waals surface area contributed by atoms with E-state index in [-0.39, 0.29) is 23.6 Å². The van der Waals surface area contributed by atoms with E-state index in [2.05, 4.69) is 10.3 Å². The quantitative estimate of drug-likeness (QED) is 0.694. The molecule has 0 fully saturated rings. The number of aryl methyl sites for hydroxylation is 2. The van der Waals surface area contributed by atoms with Gasteiger partial charge in [-0.05, 0) is 49.2 Å². The monoisotopic (exact) mass is 408 g/mol. The molecule has 0 spiro atoms. The lowest BCUT2D eigenvalue weighted by Crippen LogP contribution is -2.26. The number of carbonyl (C=O) groups excluding carboxylic acids is 1. The predicted molar refractivity (Wildman–Crippen MR) is 109 cm³/mol. The topological polar surface area (TPSA) is 68.5 Å². The van der Waals surface area contributed by atoms with Crippen molar-refractivity contribution in [3.8, 4) is 5.75 Å². The Morgan fingerprint density at radius 1 is 1.24 bits per heavy atom. The molecule has 0 aliphatic carbocycles. The summed E-state index contributed by atoms with van der Waals surface area (Å²) in [5.41, 5.74) is 5.02. The number of hydrogen-bond acceptors (Lipinski definition) is 5. The number of fused-ring (bicyclic) bond motifs is 2. The minimum Gasteiger partial charge on any atom is -0.481 e. The SMILES string of the molecule is Cc1cn2c(n1)SC(c1ccc(F)cc1)C(c1cc(C)c3c(c1)NC(=O)CO3)=N2. The summed E-state index contributed by atoms with van der Waals surface area (Å²) in [4.78, 5) is 16.3. The number of hydrogen-bond donors (Lipinski definition) is 1. The van der Waals surface area contributed by atoms with Crippen LogP contribution in [0.4, 0.5) is 10.1 Å². The van der Waals surface area contributed by atoms with Gasteiger partial charge in [0.1, 0.15) is 11.6 Å². The Hall–Kier alpha value is -3.13. The summed E-state index contributed by atoms with van der Waals surface area (Å²) in [5, 5.41) is 8.32. The van der Waals surface area contributed by atoms with Crippen molar-refractivity contribution in [1.29, 1.82) is 0 Å². The maximum absolute atomic E-state index is 13.5. The molecule has 2 aromatic carbocycles. The van der Waals surface area contributed by atoms with Gasteiger partial charge in [-0.3, -0.25) is 4.79 Å². The molecule has 1 aromatic heterocycles. The number of nitrogens with one attached hydrogen (secondary N) is 1. The summed E-state index contributed by atoms with van der Waals surface area (Å²) in [6, 6.07) is 10.3. The molecule has 6 nitrogen and oxygen atoms in total. The molecule has 2 aliphatic heterocycles. The maximum atomic E-state index is 13.5. The molecule has 1 amide bonds. The van der Waals surface area contributed by atoms with Crippen molar-refractivity contribution in [1.82, 2.24) is 9.66 Å². The summed E-state index contributed by atoms with van der Waals surface area (Å²) in [7, 11) is 0. The largest absolute Gasteiger partial charge is 0.481 e. The molecular formula is C21H17FN4O2S. The fourth-order valence-electron chi connectivity index (χ4n) is 3.55. The smallest absolute Gasteiger partial charge is 0.262 e. The molecule has 146 valence electrons. The first-order valence-corrected chi connectivity index (χ1v) is 10.0. The van der Waals surface area contributed by atoms with Crippen LogP contribution in [-0.4, -0.2) is 27.9 Å². The molecule has 1 unspecified atom stereocenters. The number of imidazole rings is 1. The van der Waals surface area contributed by atoms with E-state index in [1.807, 2.05) is 32.2 Å². The van der Waals surface area contributed by atoms with E-state index in [1.54, 1.807) is 28.6 Å². The average Bonchev–Trinajstić information content (AvgIpc) is 3.06. The lowest BCUT2D eigenvalue weighted by Gasteiger charge is -2.26. The highest BCUT2D eigenvalue weighted by atomic mass is 32.2. The normalized spacial score (nSPS) is 17.7. The zero-order valence-corrected chi connectivity index (χ0v) is 16.6. The predicted octanol–water partition coefficient (Wildman–Crippen LogP) is 4.07. The second-order valence-electron chi connectivity index (χ2n) is 7.05. The van der Waals surface area contributed by atoms with Crippen molar-refractivity contribution in [3.05, 3.63) is 70.8 Å². The molecule has 3 aromatic rings. The first kappa shape index (κ1) is 17.9. The molecule has 1 N–H and O–H groups in total. The van der Waals surface area contributed by atoms with Crippen LogP contribution in [-0.2, 0) is 4.79 Å². The van der Waals surface area contributed by atoms with Crippen LogP contribution < -0.4 is 10.1 Å². The van der Waals surface area contributed by atoms with Crippen molar-refractivity contribution in [2.24, 2.45) is 5.10 Å². The number of thioether (sulfide) groups is 1. The number of nitrogens with zero attached hydrogens (tertiary/aromatic N) is 3. The third-order valence-corrected chi connectivity index (χ3v) is 6.05. The Balaban J connectivity index is 1.66. The molecular weight excluding hydrogens is 391 g/mol. The van der Waals surface area contributed by atoms with Crippen LogP contribution >= 0.6 is 11.8 Å². The van der Waals surface area contributed by atoms with E-state index < -0.39 is 0 Å². The van der Waals surface area contributed by atoms with E-state index in [0.29, 0.717) is 11.4 Å². The Morgan fingerprint density at radius 2 is 2.03 bits per heavy atom. The standard InChI is InChI=1S/C21H17FN4O2S/c1-11-7-14(8-16-19(11)28-10-17(27)24-16)18-20(13-3-5-15(22)6-4-13)29-21-23-12(2)9-26(21)25-18/h3-9,20H,10H2,1-2H3,(H,24,27). The Bertz CT molecular complexity index is 1170. The first-order valence-electron chi connectivity index (χ1n) is 9.12. The highest BCUT2D eigenvalue weighted by Gasteiger charge is 2.30. The van der Waals surface area contributed by atoms with Crippen molar-refractivity contribution in [3.63, 3.8) is 0 Å². The summed E-state index contributed by atoms with van der Waals surface area (Å²) in [6.45, 7) is 3.87. The third kappa shape index (κ3) is 3.19. The van der Waals surface area contributed by atoms with Crippen molar-refractivity contribution >= 4 is 29.1 Å². The third-order valence-electron chi connectivity index (χ3n) is 4.83. The van der Waals surface area contributed by atoms with Crippen molar-refractivity contribution < 1.29 is 13.9 Å². The molecule has 1 atom stereocenters. The summed E-state index contributed by atoms with van der Waals surface area (Å²) in [5.74, 6) is 0.210. The highest BCUT2D eigenvalue weighted by Crippen LogP contribution is 2.43. The van der Waals surface area contributed by atoms with E-state index in [4.69, 9.17) is 9.84 Å². The minimum absolute atomic E-state index is 0.0138. The fourth-order valence-corrected chi connectivity index (χ4v) is 4.74. The molecule has 3 heterocycles. The second kappa shape index (κ2) is 6.73. The number of carbonyl (C=O) groups is 1. The van der Waals surface area contributed by atoms with E-state index >= 15 is 0 Å². The zero-order valence-electron chi connectivity index (χ0n) is 15.8. The van der Waals surface area contributed by atoms with Gasteiger partial charge in [0.25, 0.3) is 5.91 Å². The number of aromatic nitrogens is 2. The summed E-state index contributed by atoms with van der Waals surface area (Å²) >= 11 is 1.56. The van der Waals surface area contributed by atoms with E-state index in [9.17, 15) is 9.18 Å². The first-order chi connectivity index (χ1) is 14.0. The second-order valence-corrected chi connectivity index (χ2v) is 8.12. The van der Waals surface area contributed by atoms with Gasteiger partial charge in [0.05, 0.1) is 28.5 Å². The fraction of sp³-hybridized carbons (Fsp3) is 0.190. The van der Waals surface area contributed by atoms with Crippen LogP contribution in [0.3, 0.4) is 0 Å². The van der Waals surface area contributed by atoms with Crippen LogP contribution in [0.2, 0.25) is 0 Å². The number of anilines is 1. The summed E-state index contributed by atoms with van der Waals surface area (Å²) < 4.78 is 20.8. The molecule has 8 heteroatoms. The van der Waals surface area contributed by atoms with Crippen LogP contribution in [0.15, 0.2) is 52.9 Å². The van der Waals surface area contributed by atoms with Gasteiger partial charge in [0, 0.05) is 5.56 Å². The number of amides is 1. The van der Waals surface area contributed by atoms with Gasteiger partial charge in [-0.1, -0.05) is 23.9 Å². The number of benzene rings is 2. The van der Waals surface area contributed by atoms with Crippen molar-refractivity contribution in [2.75, 3.05) is 11.9 Å². The van der Waals surface area contributed by atoms with Gasteiger partial charge in [-0.2, -0.15) is 5.10 Å². The Kier molecular flexibility index (Phi) is 4.16. The lowest BCUT2D eigenvalue weighted by atomic mass is 9.98. The van der Waals surface area contributed by atoms with Crippen molar-refractivity contribution in [2.45, 2.75) is 24.3 Å². The van der Waals surface area contributed by atoms with Crippen LogP contribution in [0, 0.1) is 19.7 Å². The van der Waals surface area contributed by atoms with E-state index in [0.717, 1.165) is 33.3 Å². The number of ether oxygens (including phenoxy) is 1. The molecule has 29 heavy (non-hydrogen) atoms. The van der Waals surface area contributed by atoms with E-state index in [1.165, 1.54) is 12.1 Å². The van der Waals surface area contributed by atoms with Gasteiger partial charge in [-0.25, -0.2) is 14.1 Å². The van der Waals surface area contributed by atoms with Gasteiger partial charge in [0.15, 0.2) is 11.8 Å². The van der Waals surface area contributed by atoms with Gasteiger partial charge < -0.3 is 10.1 Å². The van der Waals surface area contributed by atoms with Crippen LogP contribution in [0.25, 0.3) is 0 Å². The lowest BCUT2D eigenvalue weighted by molar-refractivity contribution is -0.118. The molecule has 0 saturated carbocycles.